The minimum atomic E-state index is -0.506. The van der Waals surface area contributed by atoms with Gasteiger partial charge in [-0.1, -0.05) is 20.8 Å². The molecular weight excluding hydrogens is 362 g/mol. The molecule has 1 aliphatic carbocycles. The maximum absolute atomic E-state index is 12.5. The van der Waals surface area contributed by atoms with Crippen LogP contribution >= 0.6 is 11.3 Å². The molecule has 0 spiro atoms. The lowest BCUT2D eigenvalue weighted by atomic mass is 9.72. The maximum atomic E-state index is 12.5. The van der Waals surface area contributed by atoms with Crippen LogP contribution in [0.5, 0.6) is 0 Å². The van der Waals surface area contributed by atoms with Crippen LogP contribution in [0.25, 0.3) is 0 Å². The number of nitrogens with one attached hydrogen (secondary N) is 1. The second-order valence-corrected chi connectivity index (χ2v) is 8.99. The van der Waals surface area contributed by atoms with Crippen molar-refractivity contribution in [1.29, 1.82) is 5.26 Å². The molecule has 1 N–H and O–H groups in total. The Kier molecular flexibility index (Phi) is 5.03. The van der Waals surface area contributed by atoms with Gasteiger partial charge in [0, 0.05) is 22.6 Å². The molecule has 0 saturated heterocycles. The monoisotopic (exact) mass is 383 g/mol. The number of hydrogen-bond acceptors (Lipinski definition) is 5. The van der Waals surface area contributed by atoms with E-state index in [-0.39, 0.29) is 17.0 Å². The predicted molar refractivity (Wildman–Crippen MR) is 105 cm³/mol. The molecule has 1 heterocycles. The first-order valence-electron chi connectivity index (χ1n) is 8.81. The van der Waals surface area contributed by atoms with Gasteiger partial charge in [-0.2, -0.15) is 5.26 Å². The fraction of sp³-hybridized carbons (Fsp3) is 0.400. The van der Waals surface area contributed by atoms with E-state index in [4.69, 9.17) is 0 Å². The second-order valence-electron chi connectivity index (χ2n) is 7.88. The molecule has 140 valence electrons. The zero-order chi connectivity index (χ0) is 19.8. The van der Waals surface area contributed by atoms with Crippen LogP contribution in [0.4, 0.5) is 10.7 Å². The van der Waals surface area contributed by atoms with Crippen LogP contribution in [-0.2, 0) is 12.8 Å². The Morgan fingerprint density at radius 3 is 2.56 bits per heavy atom. The summed E-state index contributed by atoms with van der Waals surface area (Å²) in [5, 5.41) is 23.7. The van der Waals surface area contributed by atoms with Crippen molar-refractivity contribution in [2.24, 2.45) is 11.3 Å². The van der Waals surface area contributed by atoms with Crippen LogP contribution in [-0.4, -0.2) is 10.8 Å². The highest BCUT2D eigenvalue weighted by molar-refractivity contribution is 7.16. The molecule has 3 rings (SSSR count). The average Bonchev–Trinajstić information content (AvgIpc) is 2.97. The Hall–Kier alpha value is -2.72. The van der Waals surface area contributed by atoms with Crippen LogP contribution in [0.2, 0.25) is 0 Å². The summed E-state index contributed by atoms with van der Waals surface area (Å²) in [4.78, 5) is 23.9. The number of rotatable bonds is 3. The molecule has 0 radical (unpaired) electrons. The van der Waals surface area contributed by atoms with Crippen molar-refractivity contribution in [2.45, 2.75) is 40.0 Å². The fourth-order valence-corrected chi connectivity index (χ4v) is 4.71. The molecule has 1 aliphatic rings. The molecule has 1 amide bonds. The molecule has 7 heteroatoms. The number of fused-ring (bicyclic) bond motifs is 1. The Morgan fingerprint density at radius 1 is 1.33 bits per heavy atom. The first-order valence-corrected chi connectivity index (χ1v) is 9.62. The van der Waals surface area contributed by atoms with Gasteiger partial charge in [0.2, 0.25) is 0 Å². The van der Waals surface area contributed by atoms with Gasteiger partial charge >= 0.3 is 0 Å². The van der Waals surface area contributed by atoms with Crippen molar-refractivity contribution in [2.75, 3.05) is 5.32 Å². The summed E-state index contributed by atoms with van der Waals surface area (Å²) in [5.74, 6) is 0.181. The molecule has 6 nitrogen and oxygen atoms in total. The highest BCUT2D eigenvalue weighted by atomic mass is 32.1. The Labute approximate surface area is 162 Å². The van der Waals surface area contributed by atoms with Crippen molar-refractivity contribution in [3.63, 3.8) is 0 Å². The predicted octanol–water partition coefficient (Wildman–Crippen LogP) is 4.93. The SMILES string of the molecule is CC(C)(C)C1CCc2c(sc(NC(=O)c3ccc([N+](=O)[O-])cc3)c2C#N)C1. The van der Waals surface area contributed by atoms with Gasteiger partial charge in [-0.15, -0.1) is 11.3 Å². The third-order valence-corrected chi connectivity index (χ3v) is 6.34. The minimum absolute atomic E-state index is 0.0657. The number of nitrogens with zero attached hydrogens (tertiary/aromatic N) is 2. The number of carbonyl (C=O) groups is 1. The number of anilines is 1. The van der Waals surface area contributed by atoms with Crippen LogP contribution in [0.3, 0.4) is 0 Å². The Morgan fingerprint density at radius 2 is 2.00 bits per heavy atom. The molecule has 2 aromatic rings. The summed E-state index contributed by atoms with van der Waals surface area (Å²) in [5.41, 5.74) is 2.07. The van der Waals surface area contributed by atoms with Crippen LogP contribution < -0.4 is 5.32 Å². The molecule has 1 atom stereocenters. The summed E-state index contributed by atoms with van der Waals surface area (Å²) in [6.45, 7) is 6.70. The molecule has 27 heavy (non-hydrogen) atoms. The summed E-state index contributed by atoms with van der Waals surface area (Å²) in [6, 6.07) is 7.68. The number of nitro groups is 1. The summed E-state index contributed by atoms with van der Waals surface area (Å²) in [6.07, 6.45) is 2.81. The Balaban J connectivity index is 1.84. The molecule has 1 unspecified atom stereocenters. The highest BCUT2D eigenvalue weighted by Gasteiger charge is 2.32. The highest BCUT2D eigenvalue weighted by Crippen LogP contribution is 2.44. The maximum Gasteiger partial charge on any atom is 0.269 e. The van der Waals surface area contributed by atoms with Gasteiger partial charge in [0.1, 0.15) is 11.1 Å². The second kappa shape index (κ2) is 7.12. The van der Waals surface area contributed by atoms with E-state index in [1.807, 2.05) is 0 Å². The normalized spacial score (nSPS) is 16.3. The summed E-state index contributed by atoms with van der Waals surface area (Å²) < 4.78 is 0. The quantitative estimate of drug-likeness (QED) is 0.600. The van der Waals surface area contributed by atoms with E-state index >= 15 is 0 Å². The first-order chi connectivity index (χ1) is 12.7. The molecule has 0 fully saturated rings. The number of nitriles is 1. The molecular formula is C20H21N3O3S. The van der Waals surface area contributed by atoms with Crippen molar-refractivity contribution < 1.29 is 9.72 Å². The van der Waals surface area contributed by atoms with Crippen LogP contribution in [0.1, 0.15) is 53.6 Å². The zero-order valence-electron chi connectivity index (χ0n) is 15.5. The molecule has 0 saturated carbocycles. The lowest BCUT2D eigenvalue weighted by Crippen LogP contribution is -2.26. The third kappa shape index (κ3) is 3.86. The van der Waals surface area contributed by atoms with Gasteiger partial charge in [-0.25, -0.2) is 0 Å². The first kappa shape index (κ1) is 19.1. The van der Waals surface area contributed by atoms with E-state index in [0.717, 1.165) is 24.8 Å². The van der Waals surface area contributed by atoms with Gasteiger partial charge in [-0.3, -0.25) is 14.9 Å². The van der Waals surface area contributed by atoms with E-state index in [1.165, 1.54) is 40.5 Å². The van der Waals surface area contributed by atoms with Crippen LogP contribution in [0.15, 0.2) is 24.3 Å². The number of nitro benzene ring substituents is 1. The molecule has 0 aliphatic heterocycles. The average molecular weight is 383 g/mol. The van der Waals surface area contributed by atoms with Gasteiger partial charge < -0.3 is 5.32 Å². The van der Waals surface area contributed by atoms with Gasteiger partial charge in [0.05, 0.1) is 10.5 Å². The van der Waals surface area contributed by atoms with Crippen molar-refractivity contribution in [3.05, 3.63) is 55.9 Å². The van der Waals surface area contributed by atoms with Crippen molar-refractivity contribution >= 4 is 27.9 Å². The van der Waals surface area contributed by atoms with E-state index in [1.54, 1.807) is 0 Å². The molecule has 0 bridgehead atoms. The number of non-ortho nitro benzene ring substituents is 1. The Bertz CT molecular complexity index is 933. The van der Waals surface area contributed by atoms with Crippen molar-refractivity contribution in [1.82, 2.24) is 0 Å². The summed E-state index contributed by atoms with van der Waals surface area (Å²) in [7, 11) is 0. The topological polar surface area (TPSA) is 96.0 Å². The standard InChI is InChI=1S/C20H21N3O3S/c1-20(2,3)13-6-9-15-16(11-21)19(27-17(15)10-13)22-18(24)12-4-7-14(8-5-12)23(25)26/h4-5,7-8,13H,6,9-10H2,1-3H3,(H,22,24). The van der Waals surface area contributed by atoms with E-state index in [9.17, 15) is 20.2 Å². The number of benzene rings is 1. The van der Waals surface area contributed by atoms with Crippen molar-refractivity contribution in [3.8, 4) is 6.07 Å². The van der Waals surface area contributed by atoms with Gasteiger partial charge in [-0.05, 0) is 48.3 Å². The largest absolute Gasteiger partial charge is 0.312 e. The fourth-order valence-electron chi connectivity index (χ4n) is 3.44. The number of carbonyl (C=O) groups excluding carboxylic acids is 1. The van der Waals surface area contributed by atoms with Gasteiger partial charge in [0.15, 0.2) is 0 Å². The summed E-state index contributed by atoms with van der Waals surface area (Å²) >= 11 is 1.47. The van der Waals surface area contributed by atoms with Crippen LogP contribution in [0, 0.1) is 32.8 Å². The lowest BCUT2D eigenvalue weighted by molar-refractivity contribution is -0.384. The number of hydrogen-bond donors (Lipinski definition) is 1. The van der Waals surface area contributed by atoms with E-state index < -0.39 is 4.92 Å². The third-order valence-electron chi connectivity index (χ3n) is 5.17. The number of amides is 1. The lowest BCUT2D eigenvalue weighted by Gasteiger charge is -2.33. The van der Waals surface area contributed by atoms with E-state index in [0.29, 0.717) is 22.0 Å². The van der Waals surface area contributed by atoms with Gasteiger partial charge in [0.25, 0.3) is 11.6 Å². The smallest absolute Gasteiger partial charge is 0.269 e. The molecule has 1 aromatic carbocycles. The van der Waals surface area contributed by atoms with E-state index in [2.05, 4.69) is 32.2 Å². The zero-order valence-corrected chi connectivity index (χ0v) is 16.4. The molecule has 1 aromatic heterocycles. The minimum Gasteiger partial charge on any atom is -0.312 e. The number of thiophene rings is 1.